The molecule has 144 valence electrons. The van der Waals surface area contributed by atoms with E-state index in [0.717, 1.165) is 24.0 Å². The number of aryl methyl sites for hydroxylation is 1. The molecule has 1 unspecified atom stereocenters. The summed E-state index contributed by atoms with van der Waals surface area (Å²) < 4.78 is 32.6. The fourth-order valence-corrected chi connectivity index (χ4v) is 5.53. The summed E-state index contributed by atoms with van der Waals surface area (Å²) in [5.41, 5.74) is 1.91. The molecule has 1 amide bonds. The first-order valence-corrected chi connectivity index (χ1v) is 10.9. The third kappa shape index (κ3) is 4.45. The Bertz CT molecular complexity index is 726. The Morgan fingerprint density at radius 3 is 2.42 bits per heavy atom. The summed E-state index contributed by atoms with van der Waals surface area (Å²) in [6.07, 6.45) is 2.35. The van der Waals surface area contributed by atoms with E-state index in [4.69, 9.17) is 4.74 Å². The lowest BCUT2D eigenvalue weighted by Gasteiger charge is -2.37. The molecule has 0 aromatic heterocycles. The number of ether oxygens (including phenoxy) is 1. The van der Waals surface area contributed by atoms with Gasteiger partial charge in [-0.05, 0) is 31.7 Å². The molecule has 0 spiro atoms. The van der Waals surface area contributed by atoms with Gasteiger partial charge in [0.1, 0.15) is 0 Å². The first-order chi connectivity index (χ1) is 12.4. The number of carbonyl (C=O) groups excluding carboxylic acids is 1. The number of sulfonamides is 1. The second-order valence-electron chi connectivity index (χ2n) is 7.31. The van der Waals surface area contributed by atoms with Gasteiger partial charge >= 0.3 is 0 Å². The van der Waals surface area contributed by atoms with Gasteiger partial charge in [-0.15, -0.1) is 0 Å². The maximum atomic E-state index is 12.8. The topological polar surface area (TPSA) is 66.9 Å². The van der Waals surface area contributed by atoms with Crippen molar-refractivity contribution in [1.29, 1.82) is 0 Å². The highest BCUT2D eigenvalue weighted by atomic mass is 32.2. The maximum absolute atomic E-state index is 12.8. The highest BCUT2D eigenvalue weighted by Gasteiger charge is 2.38. The Kier molecular flexibility index (Phi) is 5.99. The average Bonchev–Trinajstić information content (AvgIpc) is 3.08. The van der Waals surface area contributed by atoms with Crippen molar-refractivity contribution >= 4 is 15.9 Å². The molecule has 1 aromatic rings. The summed E-state index contributed by atoms with van der Waals surface area (Å²) in [4.78, 5) is 14.1. The molecule has 0 aliphatic carbocycles. The van der Waals surface area contributed by atoms with Gasteiger partial charge in [0.05, 0.1) is 5.75 Å². The van der Waals surface area contributed by atoms with E-state index in [9.17, 15) is 13.2 Å². The predicted octanol–water partition coefficient (Wildman–Crippen LogP) is 1.93. The molecule has 2 saturated heterocycles. The Morgan fingerprint density at radius 1 is 1.15 bits per heavy atom. The van der Waals surface area contributed by atoms with Crippen LogP contribution in [-0.4, -0.2) is 61.9 Å². The van der Waals surface area contributed by atoms with Gasteiger partial charge in [0, 0.05) is 45.3 Å². The van der Waals surface area contributed by atoms with Crippen LogP contribution in [0.3, 0.4) is 0 Å². The summed E-state index contributed by atoms with van der Waals surface area (Å²) in [6, 6.07) is 7.71. The monoisotopic (exact) mass is 380 g/mol. The van der Waals surface area contributed by atoms with Crippen LogP contribution in [0.25, 0.3) is 0 Å². The number of rotatable bonds is 5. The van der Waals surface area contributed by atoms with Crippen LogP contribution in [0.5, 0.6) is 0 Å². The highest BCUT2D eigenvalue weighted by Crippen LogP contribution is 2.26. The Balaban J connectivity index is 1.67. The smallest absolute Gasteiger partial charge is 0.219 e. The number of benzene rings is 1. The Morgan fingerprint density at radius 2 is 1.81 bits per heavy atom. The van der Waals surface area contributed by atoms with E-state index in [1.165, 1.54) is 0 Å². The van der Waals surface area contributed by atoms with Gasteiger partial charge in [-0.2, -0.15) is 4.31 Å². The van der Waals surface area contributed by atoms with Crippen LogP contribution in [-0.2, 0) is 25.3 Å². The summed E-state index contributed by atoms with van der Waals surface area (Å²) in [7, 11) is -3.38. The standard InChI is InChI=1S/C19H28N2O4S/c1-15-3-5-17(6-4-15)14-26(23,24)20-10-7-19(13-20)21(16(2)22)18-8-11-25-12-9-18/h3-6,18-19H,7-14H2,1-2H3. The van der Waals surface area contributed by atoms with Crippen LogP contribution >= 0.6 is 0 Å². The first-order valence-electron chi connectivity index (χ1n) is 9.27. The Hall–Kier alpha value is -1.44. The van der Waals surface area contributed by atoms with Crippen molar-refractivity contribution in [2.75, 3.05) is 26.3 Å². The van der Waals surface area contributed by atoms with E-state index in [-0.39, 0.29) is 23.7 Å². The van der Waals surface area contributed by atoms with Crippen LogP contribution in [0, 0.1) is 6.92 Å². The zero-order valence-corrected chi connectivity index (χ0v) is 16.4. The molecular formula is C19H28N2O4S. The van der Waals surface area contributed by atoms with E-state index < -0.39 is 10.0 Å². The van der Waals surface area contributed by atoms with Gasteiger partial charge < -0.3 is 9.64 Å². The van der Waals surface area contributed by atoms with E-state index in [1.54, 1.807) is 11.2 Å². The van der Waals surface area contributed by atoms with E-state index in [2.05, 4.69) is 0 Å². The minimum Gasteiger partial charge on any atom is -0.381 e. The van der Waals surface area contributed by atoms with E-state index in [1.807, 2.05) is 36.1 Å². The lowest BCUT2D eigenvalue weighted by molar-refractivity contribution is -0.135. The van der Waals surface area contributed by atoms with Crippen molar-refractivity contribution in [3.05, 3.63) is 35.4 Å². The molecule has 3 rings (SSSR count). The van der Waals surface area contributed by atoms with Crippen molar-refractivity contribution < 1.29 is 17.9 Å². The Labute approximate surface area is 156 Å². The van der Waals surface area contributed by atoms with Gasteiger partial charge in [0.25, 0.3) is 0 Å². The summed E-state index contributed by atoms with van der Waals surface area (Å²) in [5, 5.41) is 0. The fraction of sp³-hybridized carbons (Fsp3) is 0.632. The van der Waals surface area contributed by atoms with E-state index >= 15 is 0 Å². The van der Waals surface area contributed by atoms with Gasteiger partial charge in [0.2, 0.25) is 15.9 Å². The van der Waals surface area contributed by atoms with Crippen molar-refractivity contribution in [3.63, 3.8) is 0 Å². The number of nitrogens with zero attached hydrogens (tertiary/aromatic N) is 2. The second kappa shape index (κ2) is 8.06. The average molecular weight is 381 g/mol. The molecule has 0 radical (unpaired) electrons. The van der Waals surface area contributed by atoms with Crippen molar-refractivity contribution in [3.8, 4) is 0 Å². The molecule has 0 N–H and O–H groups in total. The van der Waals surface area contributed by atoms with Crippen LogP contribution in [0.4, 0.5) is 0 Å². The largest absolute Gasteiger partial charge is 0.381 e. The third-order valence-electron chi connectivity index (χ3n) is 5.33. The molecule has 2 heterocycles. The molecule has 2 aliphatic heterocycles. The minimum atomic E-state index is -3.38. The molecule has 7 heteroatoms. The van der Waals surface area contributed by atoms with Crippen molar-refractivity contribution in [2.45, 2.75) is 50.9 Å². The van der Waals surface area contributed by atoms with Crippen molar-refractivity contribution in [1.82, 2.24) is 9.21 Å². The SMILES string of the molecule is CC(=O)N(C1CCOCC1)C1CCN(S(=O)(=O)Cc2ccc(C)cc2)C1. The van der Waals surface area contributed by atoms with Gasteiger partial charge in [-0.1, -0.05) is 29.8 Å². The van der Waals surface area contributed by atoms with Crippen LogP contribution < -0.4 is 0 Å². The van der Waals surface area contributed by atoms with Gasteiger partial charge in [-0.25, -0.2) is 8.42 Å². The zero-order valence-electron chi connectivity index (χ0n) is 15.6. The molecule has 0 bridgehead atoms. The second-order valence-corrected chi connectivity index (χ2v) is 9.28. The third-order valence-corrected chi connectivity index (χ3v) is 7.15. The first kappa shape index (κ1) is 19.3. The highest BCUT2D eigenvalue weighted by molar-refractivity contribution is 7.88. The molecule has 1 aromatic carbocycles. The summed E-state index contributed by atoms with van der Waals surface area (Å²) in [6.45, 7) is 5.76. The lowest BCUT2D eigenvalue weighted by Crippen LogP contribution is -2.49. The number of amides is 1. The lowest BCUT2D eigenvalue weighted by atomic mass is 10.0. The summed E-state index contributed by atoms with van der Waals surface area (Å²) >= 11 is 0. The molecular weight excluding hydrogens is 352 g/mol. The van der Waals surface area contributed by atoms with Crippen LogP contribution in [0.15, 0.2) is 24.3 Å². The van der Waals surface area contributed by atoms with Gasteiger partial charge in [-0.3, -0.25) is 4.79 Å². The van der Waals surface area contributed by atoms with E-state index in [0.29, 0.717) is 32.7 Å². The molecule has 1 atom stereocenters. The molecule has 0 saturated carbocycles. The zero-order chi connectivity index (χ0) is 18.7. The van der Waals surface area contributed by atoms with Crippen LogP contribution in [0.2, 0.25) is 0 Å². The predicted molar refractivity (Wildman–Crippen MR) is 100 cm³/mol. The quantitative estimate of drug-likeness (QED) is 0.783. The molecule has 2 aliphatic rings. The number of hydrogen-bond donors (Lipinski definition) is 0. The normalized spacial score (nSPS) is 22.5. The minimum absolute atomic E-state index is 0.0112. The fourth-order valence-electron chi connectivity index (χ4n) is 3.95. The molecule has 2 fully saturated rings. The molecule has 26 heavy (non-hydrogen) atoms. The van der Waals surface area contributed by atoms with Crippen molar-refractivity contribution in [2.24, 2.45) is 0 Å². The molecule has 6 nitrogen and oxygen atoms in total. The number of carbonyl (C=O) groups is 1. The van der Waals surface area contributed by atoms with Gasteiger partial charge in [0.15, 0.2) is 0 Å². The summed E-state index contributed by atoms with van der Waals surface area (Å²) in [5.74, 6) is 0.0387. The van der Waals surface area contributed by atoms with Crippen LogP contribution in [0.1, 0.15) is 37.3 Å². The number of hydrogen-bond acceptors (Lipinski definition) is 4. The maximum Gasteiger partial charge on any atom is 0.219 e.